The molecule has 0 bridgehead atoms. The fraction of sp³-hybridized carbons (Fsp3) is 0.188. The lowest BCUT2D eigenvalue weighted by Crippen LogP contribution is -2.23. The fourth-order valence-electron chi connectivity index (χ4n) is 2.28. The first kappa shape index (κ1) is 14.1. The zero-order valence-electron chi connectivity index (χ0n) is 11.9. The number of H-pyrrole nitrogens is 2. The number of hydrogen-bond acceptors (Lipinski definition) is 3. The number of imidazole rings is 1. The molecule has 0 aliphatic rings. The summed E-state index contributed by atoms with van der Waals surface area (Å²) in [5.41, 5.74) is 3.26. The second-order valence-corrected chi connectivity index (χ2v) is 5.10. The average molecular weight is 296 g/mol. The van der Waals surface area contributed by atoms with Gasteiger partial charge in [-0.1, -0.05) is 12.1 Å². The zero-order chi connectivity index (χ0) is 15.4. The Morgan fingerprint density at radius 3 is 2.82 bits per heavy atom. The molecule has 0 aliphatic carbocycles. The lowest BCUT2D eigenvalue weighted by Gasteiger charge is -2.05. The van der Waals surface area contributed by atoms with Gasteiger partial charge in [0.05, 0.1) is 11.0 Å². The van der Waals surface area contributed by atoms with Crippen LogP contribution in [0.1, 0.15) is 17.5 Å². The molecule has 3 aromatic rings. The summed E-state index contributed by atoms with van der Waals surface area (Å²) in [4.78, 5) is 32.5. The molecule has 0 saturated carbocycles. The van der Waals surface area contributed by atoms with E-state index in [9.17, 15) is 9.59 Å². The highest BCUT2D eigenvalue weighted by Crippen LogP contribution is 2.10. The van der Waals surface area contributed by atoms with Gasteiger partial charge in [-0.25, -0.2) is 4.79 Å². The van der Waals surface area contributed by atoms with Crippen LogP contribution < -0.4 is 11.0 Å². The standard InChI is InChI=1S/C16H16N4O2/c21-15(6-4-11-2-1-7-17-9-11)18-10-12-3-5-13-14(8-12)20-16(22)19-13/h1-3,5,7-9H,4,6,10H2,(H,18,21)(H2,19,20,22). The first-order valence-electron chi connectivity index (χ1n) is 7.07. The van der Waals surface area contributed by atoms with Crippen LogP contribution in [0.25, 0.3) is 11.0 Å². The lowest BCUT2D eigenvalue weighted by molar-refractivity contribution is -0.121. The fourth-order valence-corrected chi connectivity index (χ4v) is 2.28. The minimum Gasteiger partial charge on any atom is -0.352 e. The Kier molecular flexibility index (Phi) is 4.00. The summed E-state index contributed by atoms with van der Waals surface area (Å²) in [5.74, 6) is -0.00786. The molecule has 3 N–H and O–H groups in total. The third-order valence-electron chi connectivity index (χ3n) is 3.43. The summed E-state index contributed by atoms with van der Waals surface area (Å²) in [6.07, 6.45) is 4.58. The molecule has 0 unspecified atom stereocenters. The van der Waals surface area contributed by atoms with E-state index in [0.29, 0.717) is 19.4 Å². The molecule has 22 heavy (non-hydrogen) atoms. The number of nitrogens with zero attached hydrogens (tertiary/aromatic N) is 1. The monoisotopic (exact) mass is 296 g/mol. The number of aryl methyl sites for hydroxylation is 1. The van der Waals surface area contributed by atoms with Crippen LogP contribution in [-0.4, -0.2) is 20.9 Å². The molecule has 6 heteroatoms. The quantitative estimate of drug-likeness (QED) is 0.666. The van der Waals surface area contributed by atoms with Crippen LogP contribution in [0, 0.1) is 0 Å². The van der Waals surface area contributed by atoms with E-state index >= 15 is 0 Å². The topological polar surface area (TPSA) is 90.6 Å². The van der Waals surface area contributed by atoms with Crippen molar-refractivity contribution < 1.29 is 4.79 Å². The molecule has 2 heterocycles. The Hall–Kier alpha value is -2.89. The molecule has 2 aromatic heterocycles. The van der Waals surface area contributed by atoms with Crippen LogP contribution in [0.15, 0.2) is 47.5 Å². The minimum absolute atomic E-state index is 0.00786. The number of nitrogens with one attached hydrogen (secondary N) is 3. The van der Waals surface area contributed by atoms with Gasteiger partial charge in [0.1, 0.15) is 0 Å². The van der Waals surface area contributed by atoms with Gasteiger partial charge in [0, 0.05) is 25.4 Å². The van der Waals surface area contributed by atoms with Crippen molar-refractivity contribution in [3.8, 4) is 0 Å². The third kappa shape index (κ3) is 3.41. The molecule has 6 nitrogen and oxygen atoms in total. The van der Waals surface area contributed by atoms with Gasteiger partial charge in [-0.15, -0.1) is 0 Å². The van der Waals surface area contributed by atoms with Crippen molar-refractivity contribution in [2.24, 2.45) is 0 Å². The summed E-state index contributed by atoms with van der Waals surface area (Å²) < 4.78 is 0. The third-order valence-corrected chi connectivity index (χ3v) is 3.43. The van der Waals surface area contributed by atoms with Crippen molar-refractivity contribution >= 4 is 16.9 Å². The Morgan fingerprint density at radius 1 is 1.14 bits per heavy atom. The average Bonchev–Trinajstić information content (AvgIpc) is 2.91. The van der Waals surface area contributed by atoms with E-state index in [1.54, 1.807) is 12.4 Å². The molecular weight excluding hydrogens is 280 g/mol. The smallest absolute Gasteiger partial charge is 0.323 e. The predicted molar refractivity (Wildman–Crippen MR) is 83.3 cm³/mol. The number of hydrogen-bond donors (Lipinski definition) is 3. The van der Waals surface area contributed by atoms with Crippen LogP contribution in [-0.2, 0) is 17.8 Å². The number of fused-ring (bicyclic) bond motifs is 1. The van der Waals surface area contributed by atoms with Gasteiger partial charge >= 0.3 is 5.69 Å². The molecular formula is C16H16N4O2. The number of pyridine rings is 1. The summed E-state index contributed by atoms with van der Waals surface area (Å²) in [7, 11) is 0. The molecule has 0 atom stereocenters. The minimum atomic E-state index is -0.229. The van der Waals surface area contributed by atoms with Crippen LogP contribution in [0.4, 0.5) is 0 Å². The van der Waals surface area contributed by atoms with E-state index in [1.807, 2.05) is 30.3 Å². The number of benzene rings is 1. The van der Waals surface area contributed by atoms with Gasteiger partial charge < -0.3 is 15.3 Å². The SMILES string of the molecule is O=C(CCc1cccnc1)NCc1ccc2[nH]c(=O)[nH]c2c1. The summed E-state index contributed by atoms with van der Waals surface area (Å²) in [6, 6.07) is 9.38. The number of amides is 1. The normalized spacial score (nSPS) is 10.7. The maximum atomic E-state index is 11.9. The van der Waals surface area contributed by atoms with Crippen molar-refractivity contribution in [1.29, 1.82) is 0 Å². The van der Waals surface area contributed by atoms with Crippen LogP contribution in [0.2, 0.25) is 0 Å². The van der Waals surface area contributed by atoms with E-state index in [0.717, 1.165) is 22.2 Å². The van der Waals surface area contributed by atoms with Crippen molar-refractivity contribution in [3.63, 3.8) is 0 Å². The highest BCUT2D eigenvalue weighted by atomic mass is 16.1. The maximum Gasteiger partial charge on any atom is 0.323 e. The van der Waals surface area contributed by atoms with Gasteiger partial charge in [0.15, 0.2) is 0 Å². The molecule has 1 aromatic carbocycles. The number of carbonyl (C=O) groups excluding carboxylic acids is 1. The molecule has 0 fully saturated rings. The highest BCUT2D eigenvalue weighted by molar-refractivity contribution is 5.77. The van der Waals surface area contributed by atoms with E-state index in [1.165, 1.54) is 0 Å². The van der Waals surface area contributed by atoms with Gasteiger partial charge in [0.2, 0.25) is 5.91 Å². The highest BCUT2D eigenvalue weighted by Gasteiger charge is 2.04. The molecule has 3 rings (SSSR count). The van der Waals surface area contributed by atoms with Crippen molar-refractivity contribution in [1.82, 2.24) is 20.3 Å². The van der Waals surface area contributed by atoms with Crippen molar-refractivity contribution in [2.75, 3.05) is 0 Å². The Labute approximate surface area is 126 Å². The van der Waals surface area contributed by atoms with E-state index in [4.69, 9.17) is 0 Å². The zero-order valence-corrected chi connectivity index (χ0v) is 11.9. The van der Waals surface area contributed by atoms with Gasteiger partial charge in [-0.05, 0) is 35.7 Å². The maximum absolute atomic E-state index is 11.9. The second-order valence-electron chi connectivity index (χ2n) is 5.10. The van der Waals surface area contributed by atoms with Crippen LogP contribution in [0.5, 0.6) is 0 Å². The summed E-state index contributed by atoms with van der Waals surface area (Å²) in [6.45, 7) is 0.440. The summed E-state index contributed by atoms with van der Waals surface area (Å²) >= 11 is 0. The number of aromatic amines is 2. The Balaban J connectivity index is 1.54. The number of carbonyl (C=O) groups is 1. The first-order valence-corrected chi connectivity index (χ1v) is 7.07. The second kappa shape index (κ2) is 6.26. The van der Waals surface area contributed by atoms with Gasteiger partial charge in [0.25, 0.3) is 0 Å². The Morgan fingerprint density at radius 2 is 2.00 bits per heavy atom. The molecule has 0 radical (unpaired) electrons. The van der Waals surface area contributed by atoms with Crippen LogP contribution in [0.3, 0.4) is 0 Å². The van der Waals surface area contributed by atoms with E-state index in [-0.39, 0.29) is 11.6 Å². The van der Waals surface area contributed by atoms with Crippen molar-refractivity contribution in [2.45, 2.75) is 19.4 Å². The summed E-state index contributed by atoms with van der Waals surface area (Å²) in [5, 5.41) is 2.88. The molecule has 112 valence electrons. The molecule has 0 saturated heterocycles. The first-order chi connectivity index (χ1) is 10.7. The number of aromatic nitrogens is 3. The number of rotatable bonds is 5. The van der Waals surface area contributed by atoms with Crippen molar-refractivity contribution in [3.05, 3.63) is 64.3 Å². The van der Waals surface area contributed by atoms with Crippen LogP contribution >= 0.6 is 0 Å². The lowest BCUT2D eigenvalue weighted by atomic mass is 10.1. The predicted octanol–water partition coefficient (Wildman–Crippen LogP) is 1.50. The van der Waals surface area contributed by atoms with Gasteiger partial charge in [-0.2, -0.15) is 0 Å². The largest absolute Gasteiger partial charge is 0.352 e. The van der Waals surface area contributed by atoms with Gasteiger partial charge in [-0.3, -0.25) is 9.78 Å². The molecule has 0 spiro atoms. The Bertz CT molecular complexity index is 836. The van der Waals surface area contributed by atoms with E-state index < -0.39 is 0 Å². The van der Waals surface area contributed by atoms with E-state index in [2.05, 4.69) is 20.3 Å². The molecule has 0 aliphatic heterocycles. The molecule has 1 amide bonds.